The molecule has 2 aromatic rings. The first-order valence-electron chi connectivity index (χ1n) is 4.82. The van der Waals surface area contributed by atoms with Gasteiger partial charge in [0.1, 0.15) is 0 Å². The fourth-order valence-corrected chi connectivity index (χ4v) is 1.64. The first-order valence-corrected chi connectivity index (χ1v) is 4.82. The Morgan fingerprint density at radius 3 is 2.38 bits per heavy atom. The lowest BCUT2D eigenvalue weighted by molar-refractivity contribution is 0.0598. The van der Waals surface area contributed by atoms with E-state index < -0.39 is 5.97 Å². The van der Waals surface area contributed by atoms with Gasteiger partial charge in [-0.1, -0.05) is 24.3 Å². The molecule has 0 heterocycles. The fraction of sp³-hybridized carbons (Fsp3) is 0.0769. The van der Waals surface area contributed by atoms with Gasteiger partial charge >= 0.3 is 5.97 Å². The number of hydrogen-bond donors (Lipinski definition) is 0. The van der Waals surface area contributed by atoms with Crippen LogP contribution in [-0.4, -0.2) is 19.4 Å². The summed E-state index contributed by atoms with van der Waals surface area (Å²) in [7, 11) is 1.30. The zero-order chi connectivity index (χ0) is 11.5. The number of rotatable bonds is 2. The van der Waals surface area contributed by atoms with Crippen molar-refractivity contribution in [1.29, 1.82) is 0 Å². The third kappa shape index (κ3) is 1.67. The highest BCUT2D eigenvalue weighted by Crippen LogP contribution is 2.19. The molecule has 0 aliphatic rings. The Bertz CT molecular complexity index is 558. The van der Waals surface area contributed by atoms with Crippen LogP contribution in [0.3, 0.4) is 0 Å². The van der Waals surface area contributed by atoms with Crippen LogP contribution < -0.4 is 0 Å². The number of fused-ring (bicyclic) bond motifs is 1. The molecule has 0 bridgehead atoms. The molecule has 0 atom stereocenters. The summed E-state index contributed by atoms with van der Waals surface area (Å²) in [5.74, 6) is -0.493. The van der Waals surface area contributed by atoms with Crippen molar-refractivity contribution in [3.8, 4) is 0 Å². The van der Waals surface area contributed by atoms with Crippen LogP contribution in [-0.2, 0) is 4.74 Å². The number of hydrogen-bond acceptors (Lipinski definition) is 3. The molecule has 2 aromatic carbocycles. The monoisotopic (exact) mass is 214 g/mol. The SMILES string of the molecule is COC(=O)c1cc2ccccc2cc1C=O. The van der Waals surface area contributed by atoms with Crippen LogP contribution in [0, 0.1) is 0 Å². The molecule has 0 aromatic heterocycles. The molecule has 16 heavy (non-hydrogen) atoms. The fourth-order valence-electron chi connectivity index (χ4n) is 1.64. The Labute approximate surface area is 92.6 Å². The zero-order valence-electron chi connectivity index (χ0n) is 8.77. The number of methoxy groups -OCH3 is 1. The number of benzene rings is 2. The number of aldehydes is 1. The van der Waals surface area contributed by atoms with E-state index in [1.165, 1.54) is 7.11 Å². The Kier molecular flexibility index (Phi) is 2.68. The molecule has 0 amide bonds. The van der Waals surface area contributed by atoms with Crippen LogP contribution in [0.4, 0.5) is 0 Å². The number of ether oxygens (including phenoxy) is 1. The van der Waals surface area contributed by atoms with Crippen molar-refractivity contribution in [2.24, 2.45) is 0 Å². The van der Waals surface area contributed by atoms with Crippen molar-refractivity contribution in [2.75, 3.05) is 7.11 Å². The van der Waals surface area contributed by atoms with Crippen LogP contribution >= 0.6 is 0 Å². The second-order valence-corrected chi connectivity index (χ2v) is 3.40. The summed E-state index contributed by atoms with van der Waals surface area (Å²) in [5, 5.41) is 1.84. The van der Waals surface area contributed by atoms with Crippen LogP contribution in [0.2, 0.25) is 0 Å². The van der Waals surface area contributed by atoms with E-state index in [-0.39, 0.29) is 0 Å². The van der Waals surface area contributed by atoms with Gasteiger partial charge < -0.3 is 4.74 Å². The second-order valence-electron chi connectivity index (χ2n) is 3.40. The average molecular weight is 214 g/mol. The first-order chi connectivity index (χ1) is 7.76. The highest BCUT2D eigenvalue weighted by molar-refractivity contribution is 6.03. The molecular formula is C13H10O3. The van der Waals surface area contributed by atoms with E-state index in [4.69, 9.17) is 0 Å². The van der Waals surface area contributed by atoms with E-state index in [0.29, 0.717) is 17.4 Å². The summed E-state index contributed by atoms with van der Waals surface area (Å²) in [6, 6.07) is 10.9. The lowest BCUT2D eigenvalue weighted by Gasteiger charge is -2.05. The van der Waals surface area contributed by atoms with Gasteiger partial charge in [0.25, 0.3) is 0 Å². The molecule has 0 saturated carbocycles. The van der Waals surface area contributed by atoms with Crippen LogP contribution in [0.15, 0.2) is 36.4 Å². The number of carbonyl (C=O) groups is 2. The van der Waals surface area contributed by atoms with E-state index in [9.17, 15) is 9.59 Å². The van der Waals surface area contributed by atoms with Crippen molar-refractivity contribution in [1.82, 2.24) is 0 Å². The van der Waals surface area contributed by atoms with Gasteiger partial charge in [0.05, 0.1) is 12.7 Å². The molecular weight excluding hydrogens is 204 g/mol. The van der Waals surface area contributed by atoms with E-state index >= 15 is 0 Å². The van der Waals surface area contributed by atoms with Crippen LogP contribution in [0.1, 0.15) is 20.7 Å². The molecule has 0 unspecified atom stereocenters. The topological polar surface area (TPSA) is 43.4 Å². The van der Waals surface area contributed by atoms with Crippen LogP contribution in [0.25, 0.3) is 10.8 Å². The largest absolute Gasteiger partial charge is 0.465 e. The Hall–Kier alpha value is -2.16. The number of esters is 1. The first kappa shape index (κ1) is 10.4. The minimum atomic E-state index is -0.493. The second kappa shape index (κ2) is 4.14. The molecule has 0 aliphatic carbocycles. The van der Waals surface area contributed by atoms with Crippen molar-refractivity contribution in [2.45, 2.75) is 0 Å². The lowest BCUT2D eigenvalue weighted by atomic mass is 10.0. The van der Waals surface area contributed by atoms with Gasteiger partial charge in [-0.25, -0.2) is 4.79 Å². The predicted octanol–water partition coefficient (Wildman–Crippen LogP) is 2.44. The van der Waals surface area contributed by atoms with Gasteiger partial charge in [0.2, 0.25) is 0 Å². The molecule has 80 valence electrons. The number of carbonyl (C=O) groups excluding carboxylic acids is 2. The van der Waals surface area contributed by atoms with E-state index in [1.807, 2.05) is 24.3 Å². The smallest absolute Gasteiger partial charge is 0.338 e. The standard InChI is InChI=1S/C13H10O3/c1-16-13(15)12-7-10-5-3-2-4-9(10)6-11(12)8-14/h2-8H,1H3. The van der Waals surface area contributed by atoms with Gasteiger partial charge in [-0.05, 0) is 22.9 Å². The molecule has 3 nitrogen and oxygen atoms in total. The summed E-state index contributed by atoms with van der Waals surface area (Å²) in [6.45, 7) is 0. The Morgan fingerprint density at radius 1 is 1.19 bits per heavy atom. The molecule has 3 heteroatoms. The van der Waals surface area contributed by atoms with E-state index in [2.05, 4.69) is 4.74 Å². The average Bonchev–Trinajstić information content (AvgIpc) is 2.36. The quantitative estimate of drug-likeness (QED) is 0.569. The molecule has 0 radical (unpaired) electrons. The minimum absolute atomic E-state index is 0.302. The van der Waals surface area contributed by atoms with E-state index in [0.717, 1.165) is 10.8 Å². The normalized spacial score (nSPS) is 10.1. The van der Waals surface area contributed by atoms with Gasteiger partial charge in [-0.2, -0.15) is 0 Å². The summed E-state index contributed by atoms with van der Waals surface area (Å²) in [6.07, 6.45) is 0.665. The maximum Gasteiger partial charge on any atom is 0.338 e. The molecule has 0 aliphatic heterocycles. The Balaban J connectivity index is 2.72. The lowest BCUT2D eigenvalue weighted by Crippen LogP contribution is -2.05. The molecule has 0 spiro atoms. The van der Waals surface area contributed by atoms with Gasteiger partial charge in [0, 0.05) is 5.56 Å². The zero-order valence-corrected chi connectivity index (χ0v) is 8.77. The van der Waals surface area contributed by atoms with Crippen molar-refractivity contribution >= 4 is 23.0 Å². The molecule has 0 saturated heterocycles. The maximum atomic E-state index is 11.5. The molecule has 2 rings (SSSR count). The Morgan fingerprint density at radius 2 is 1.81 bits per heavy atom. The van der Waals surface area contributed by atoms with E-state index in [1.54, 1.807) is 12.1 Å². The van der Waals surface area contributed by atoms with Crippen molar-refractivity contribution in [3.63, 3.8) is 0 Å². The third-order valence-corrected chi connectivity index (χ3v) is 2.45. The highest BCUT2D eigenvalue weighted by atomic mass is 16.5. The molecule has 0 N–H and O–H groups in total. The highest BCUT2D eigenvalue weighted by Gasteiger charge is 2.12. The van der Waals surface area contributed by atoms with Crippen molar-refractivity contribution in [3.05, 3.63) is 47.5 Å². The van der Waals surface area contributed by atoms with Crippen molar-refractivity contribution < 1.29 is 14.3 Å². The predicted molar refractivity (Wildman–Crippen MR) is 60.7 cm³/mol. The summed E-state index contributed by atoms with van der Waals surface area (Å²) in [4.78, 5) is 22.3. The summed E-state index contributed by atoms with van der Waals surface area (Å²) in [5.41, 5.74) is 0.654. The minimum Gasteiger partial charge on any atom is -0.465 e. The van der Waals surface area contributed by atoms with Gasteiger partial charge in [0.15, 0.2) is 6.29 Å². The maximum absolute atomic E-state index is 11.5. The van der Waals surface area contributed by atoms with Gasteiger partial charge in [-0.3, -0.25) is 4.79 Å². The molecule has 0 fully saturated rings. The summed E-state index contributed by atoms with van der Waals surface area (Å²) < 4.78 is 4.63. The van der Waals surface area contributed by atoms with Crippen LogP contribution in [0.5, 0.6) is 0 Å². The third-order valence-electron chi connectivity index (χ3n) is 2.45. The summed E-state index contributed by atoms with van der Waals surface area (Å²) >= 11 is 0. The van der Waals surface area contributed by atoms with Gasteiger partial charge in [-0.15, -0.1) is 0 Å².